The van der Waals surface area contributed by atoms with Crippen LogP contribution in [0.15, 0.2) is 24.5 Å². The number of amides is 1. The lowest BCUT2D eigenvalue weighted by molar-refractivity contribution is -0.125. The molecule has 0 atom stereocenters. The highest BCUT2D eigenvalue weighted by Crippen LogP contribution is 2.20. The summed E-state index contributed by atoms with van der Waals surface area (Å²) >= 11 is 0. The number of carbonyl (C=O) groups excluding carboxylic acids is 1. The number of nitrogens with one attached hydrogen (secondary N) is 1. The van der Waals surface area contributed by atoms with Gasteiger partial charge in [-0.15, -0.1) is 0 Å². The van der Waals surface area contributed by atoms with Crippen LogP contribution in [0.25, 0.3) is 0 Å². The molecule has 0 spiro atoms. The van der Waals surface area contributed by atoms with E-state index < -0.39 is 5.54 Å². The molecular weight excluding hydrogens is 244 g/mol. The van der Waals surface area contributed by atoms with E-state index in [1.165, 1.54) is 0 Å². The summed E-state index contributed by atoms with van der Waals surface area (Å²) in [5.74, 6) is -0.0280. The maximum Gasteiger partial charge on any atom is 0.220 e. The summed E-state index contributed by atoms with van der Waals surface area (Å²) < 4.78 is 5.27. The average Bonchev–Trinajstić information content (AvgIpc) is 2.47. The van der Waals surface area contributed by atoms with Crippen molar-refractivity contribution in [3.63, 3.8) is 0 Å². The molecule has 0 aromatic carbocycles. The number of aryl methyl sites for hydroxylation is 1. The first-order chi connectivity index (χ1) is 9.24. The first-order valence-electron chi connectivity index (χ1n) is 6.63. The van der Waals surface area contributed by atoms with Crippen molar-refractivity contribution in [3.8, 4) is 0 Å². The molecule has 5 nitrogen and oxygen atoms in total. The van der Waals surface area contributed by atoms with E-state index in [1.807, 2.05) is 12.1 Å². The molecule has 0 aliphatic carbocycles. The summed E-state index contributed by atoms with van der Waals surface area (Å²) in [5.41, 5.74) is 0.548. The fraction of sp³-hybridized carbons (Fsp3) is 0.571. The lowest BCUT2D eigenvalue weighted by atomic mass is 9.90. The van der Waals surface area contributed by atoms with E-state index in [0.717, 1.165) is 5.56 Å². The van der Waals surface area contributed by atoms with Crippen LogP contribution in [0.5, 0.6) is 0 Å². The molecule has 0 saturated carbocycles. The molecule has 1 aromatic rings. The van der Waals surface area contributed by atoms with Gasteiger partial charge in [0.2, 0.25) is 5.91 Å². The lowest BCUT2D eigenvalue weighted by Crippen LogP contribution is -2.54. The van der Waals surface area contributed by atoms with Crippen molar-refractivity contribution >= 4 is 5.91 Å². The average molecular weight is 264 g/mol. The topological polar surface area (TPSA) is 71.5 Å². The normalized spacial score (nSPS) is 17.9. The molecule has 1 saturated heterocycles. The molecule has 0 bridgehead atoms. The van der Waals surface area contributed by atoms with Gasteiger partial charge in [0.25, 0.3) is 0 Å². The Kier molecular flexibility index (Phi) is 4.87. The number of aliphatic hydroxyl groups excluding tert-OH is 1. The quantitative estimate of drug-likeness (QED) is 0.820. The van der Waals surface area contributed by atoms with E-state index in [4.69, 9.17) is 4.74 Å². The van der Waals surface area contributed by atoms with Crippen LogP contribution in [0.1, 0.15) is 24.8 Å². The predicted molar refractivity (Wildman–Crippen MR) is 70.6 cm³/mol. The van der Waals surface area contributed by atoms with Crippen LogP contribution in [-0.4, -0.2) is 41.4 Å². The molecule has 1 aliphatic heterocycles. The summed E-state index contributed by atoms with van der Waals surface area (Å²) in [6.45, 7) is 1.14. The Hall–Kier alpha value is -1.46. The van der Waals surface area contributed by atoms with Crippen molar-refractivity contribution in [2.45, 2.75) is 31.2 Å². The number of aromatic nitrogens is 1. The molecule has 1 aliphatic rings. The Labute approximate surface area is 113 Å². The van der Waals surface area contributed by atoms with Crippen molar-refractivity contribution in [3.05, 3.63) is 30.1 Å². The van der Waals surface area contributed by atoms with Gasteiger partial charge in [0.15, 0.2) is 0 Å². The predicted octanol–water partition coefficient (Wildman–Crippen LogP) is 0.672. The second kappa shape index (κ2) is 6.63. The SMILES string of the molecule is O=C(CCc1cccnc1)NC1(CO)CCOCC1. The molecule has 5 heteroatoms. The summed E-state index contributed by atoms with van der Waals surface area (Å²) in [4.78, 5) is 16.0. The van der Waals surface area contributed by atoms with Crippen LogP contribution in [0.4, 0.5) is 0 Å². The van der Waals surface area contributed by atoms with E-state index >= 15 is 0 Å². The highest BCUT2D eigenvalue weighted by atomic mass is 16.5. The maximum absolute atomic E-state index is 12.0. The highest BCUT2D eigenvalue weighted by Gasteiger charge is 2.33. The number of hydrogen-bond acceptors (Lipinski definition) is 4. The van der Waals surface area contributed by atoms with E-state index in [0.29, 0.717) is 38.9 Å². The number of aliphatic hydroxyl groups is 1. The van der Waals surface area contributed by atoms with Gasteiger partial charge in [0.1, 0.15) is 0 Å². The van der Waals surface area contributed by atoms with Crippen molar-refractivity contribution < 1.29 is 14.6 Å². The summed E-state index contributed by atoms with van der Waals surface area (Å²) in [5, 5.41) is 12.5. The molecule has 1 fully saturated rings. The molecular formula is C14H20N2O3. The van der Waals surface area contributed by atoms with Gasteiger partial charge >= 0.3 is 0 Å². The molecule has 2 N–H and O–H groups in total. The van der Waals surface area contributed by atoms with Crippen molar-refractivity contribution in [2.75, 3.05) is 19.8 Å². The Balaban J connectivity index is 1.83. The third-order valence-corrected chi connectivity index (χ3v) is 3.52. The van der Waals surface area contributed by atoms with Crippen LogP contribution in [0.3, 0.4) is 0 Å². The molecule has 104 valence electrons. The first kappa shape index (κ1) is 14.0. The van der Waals surface area contributed by atoms with Gasteiger partial charge in [-0.2, -0.15) is 0 Å². The first-order valence-corrected chi connectivity index (χ1v) is 6.63. The van der Waals surface area contributed by atoms with Gasteiger partial charge in [0.05, 0.1) is 12.1 Å². The van der Waals surface area contributed by atoms with Crippen LogP contribution < -0.4 is 5.32 Å². The monoisotopic (exact) mass is 264 g/mol. The lowest BCUT2D eigenvalue weighted by Gasteiger charge is -2.36. The minimum absolute atomic E-state index is 0.0280. The fourth-order valence-electron chi connectivity index (χ4n) is 2.25. The van der Waals surface area contributed by atoms with Crippen LogP contribution >= 0.6 is 0 Å². The van der Waals surface area contributed by atoms with Crippen molar-refractivity contribution in [2.24, 2.45) is 0 Å². The van der Waals surface area contributed by atoms with Crippen molar-refractivity contribution in [1.82, 2.24) is 10.3 Å². The molecule has 2 rings (SSSR count). The summed E-state index contributed by atoms with van der Waals surface area (Å²) in [6.07, 6.45) is 5.89. The van der Waals surface area contributed by atoms with Gasteiger partial charge in [-0.05, 0) is 30.9 Å². The number of carbonyl (C=O) groups is 1. The zero-order valence-electron chi connectivity index (χ0n) is 11.0. The standard InChI is InChI=1S/C14H20N2O3/c17-11-14(5-8-19-9-6-14)16-13(18)4-3-12-2-1-7-15-10-12/h1-2,7,10,17H,3-6,8-9,11H2,(H,16,18). The third kappa shape index (κ3) is 4.01. The second-order valence-electron chi connectivity index (χ2n) is 4.96. The third-order valence-electron chi connectivity index (χ3n) is 3.52. The minimum atomic E-state index is -0.496. The number of rotatable bonds is 5. The smallest absolute Gasteiger partial charge is 0.220 e. The number of nitrogens with zero attached hydrogens (tertiary/aromatic N) is 1. The van der Waals surface area contributed by atoms with Gasteiger partial charge in [0, 0.05) is 32.0 Å². The van der Waals surface area contributed by atoms with Gasteiger partial charge < -0.3 is 15.2 Å². The zero-order valence-corrected chi connectivity index (χ0v) is 11.0. The van der Waals surface area contributed by atoms with E-state index in [1.54, 1.807) is 12.4 Å². The number of ether oxygens (including phenoxy) is 1. The van der Waals surface area contributed by atoms with Crippen molar-refractivity contribution in [1.29, 1.82) is 0 Å². The highest BCUT2D eigenvalue weighted by molar-refractivity contribution is 5.77. The molecule has 1 amide bonds. The summed E-state index contributed by atoms with van der Waals surface area (Å²) in [6, 6.07) is 3.82. The van der Waals surface area contributed by atoms with E-state index in [2.05, 4.69) is 10.3 Å². The maximum atomic E-state index is 12.0. The Morgan fingerprint density at radius 2 is 2.26 bits per heavy atom. The fourth-order valence-corrected chi connectivity index (χ4v) is 2.25. The largest absolute Gasteiger partial charge is 0.394 e. The molecule has 0 unspecified atom stereocenters. The molecule has 1 aromatic heterocycles. The van der Waals surface area contributed by atoms with E-state index in [-0.39, 0.29) is 12.5 Å². The second-order valence-corrected chi connectivity index (χ2v) is 4.96. The molecule has 2 heterocycles. The minimum Gasteiger partial charge on any atom is -0.394 e. The Bertz CT molecular complexity index is 402. The number of hydrogen-bond donors (Lipinski definition) is 2. The van der Waals surface area contributed by atoms with Crippen LogP contribution in [0.2, 0.25) is 0 Å². The number of pyridine rings is 1. The molecule has 19 heavy (non-hydrogen) atoms. The van der Waals surface area contributed by atoms with Gasteiger partial charge in [-0.1, -0.05) is 6.07 Å². The van der Waals surface area contributed by atoms with Crippen LogP contribution in [0, 0.1) is 0 Å². The van der Waals surface area contributed by atoms with Gasteiger partial charge in [-0.25, -0.2) is 0 Å². The zero-order chi connectivity index (χ0) is 13.6. The van der Waals surface area contributed by atoms with E-state index in [9.17, 15) is 9.90 Å². The molecule has 0 radical (unpaired) electrons. The summed E-state index contributed by atoms with van der Waals surface area (Å²) in [7, 11) is 0. The Morgan fingerprint density at radius 1 is 1.47 bits per heavy atom. The van der Waals surface area contributed by atoms with Crippen LogP contribution in [-0.2, 0) is 16.0 Å². The van der Waals surface area contributed by atoms with Gasteiger partial charge in [-0.3, -0.25) is 9.78 Å². The Morgan fingerprint density at radius 3 is 2.89 bits per heavy atom.